The summed E-state index contributed by atoms with van der Waals surface area (Å²) in [5.41, 5.74) is 0.456. The average Bonchev–Trinajstić information content (AvgIpc) is 2.72. The highest BCUT2D eigenvalue weighted by atomic mass is 19.1. The summed E-state index contributed by atoms with van der Waals surface area (Å²) in [5, 5.41) is 2.63. The number of nitrogens with zero attached hydrogens (tertiary/aromatic N) is 1. The fraction of sp³-hybridized carbons (Fsp3) is 0.200. The van der Waals surface area contributed by atoms with E-state index in [1.54, 1.807) is 18.2 Å². The van der Waals surface area contributed by atoms with Crippen LogP contribution < -0.4 is 14.8 Å². The van der Waals surface area contributed by atoms with Crippen molar-refractivity contribution in [1.29, 1.82) is 0 Å². The number of hydrogen-bond acceptors (Lipinski definition) is 4. The van der Waals surface area contributed by atoms with Gasteiger partial charge in [0.25, 0.3) is 5.91 Å². The van der Waals surface area contributed by atoms with Crippen molar-refractivity contribution in [1.82, 2.24) is 4.98 Å². The maximum Gasteiger partial charge on any atom is 0.258 e. The van der Waals surface area contributed by atoms with Gasteiger partial charge in [0.1, 0.15) is 0 Å². The maximum atomic E-state index is 13.5. The Kier molecular flexibility index (Phi) is 3.68. The van der Waals surface area contributed by atoms with Gasteiger partial charge >= 0.3 is 0 Å². The van der Waals surface area contributed by atoms with Crippen LogP contribution >= 0.6 is 0 Å². The largest absolute Gasteiger partial charge is 0.490 e. The summed E-state index contributed by atoms with van der Waals surface area (Å²) in [5.74, 6) is 0.00910. The van der Waals surface area contributed by atoms with Gasteiger partial charge < -0.3 is 14.8 Å². The first-order valence-electron chi connectivity index (χ1n) is 6.54. The minimum Gasteiger partial charge on any atom is -0.490 e. The second-order valence-corrected chi connectivity index (χ2v) is 4.52. The van der Waals surface area contributed by atoms with Crippen LogP contribution in [0, 0.1) is 5.82 Å². The molecule has 6 heteroatoms. The van der Waals surface area contributed by atoms with Crippen LogP contribution in [-0.4, -0.2) is 24.1 Å². The summed E-state index contributed by atoms with van der Waals surface area (Å²) in [6.45, 7) is 1.16. The van der Waals surface area contributed by atoms with E-state index >= 15 is 0 Å². The van der Waals surface area contributed by atoms with Crippen molar-refractivity contribution >= 4 is 11.6 Å². The topological polar surface area (TPSA) is 60.5 Å². The summed E-state index contributed by atoms with van der Waals surface area (Å²) in [7, 11) is 0. The van der Waals surface area contributed by atoms with Gasteiger partial charge in [-0.15, -0.1) is 0 Å². The molecule has 0 spiro atoms. The minimum absolute atomic E-state index is 0.0582. The van der Waals surface area contributed by atoms with Crippen LogP contribution in [0.25, 0.3) is 0 Å². The molecule has 108 valence electrons. The van der Waals surface area contributed by atoms with Crippen molar-refractivity contribution in [2.24, 2.45) is 0 Å². The monoisotopic (exact) mass is 288 g/mol. The smallest absolute Gasteiger partial charge is 0.258 e. The number of carbonyl (C=O) groups excluding carboxylic acids is 1. The SMILES string of the molecule is O=C(Nc1ccc2c(c1)OCCCO2)c1ccncc1F. The zero-order valence-electron chi connectivity index (χ0n) is 11.1. The van der Waals surface area contributed by atoms with E-state index in [0.717, 1.165) is 12.6 Å². The molecule has 21 heavy (non-hydrogen) atoms. The molecule has 1 aromatic carbocycles. The van der Waals surface area contributed by atoms with E-state index in [9.17, 15) is 9.18 Å². The number of carbonyl (C=O) groups is 1. The van der Waals surface area contributed by atoms with Crippen LogP contribution in [0.5, 0.6) is 11.5 Å². The molecular formula is C15H13FN2O3. The molecule has 2 heterocycles. The van der Waals surface area contributed by atoms with E-state index < -0.39 is 11.7 Å². The predicted octanol–water partition coefficient (Wildman–Crippen LogP) is 2.63. The minimum atomic E-state index is -0.663. The summed E-state index contributed by atoms with van der Waals surface area (Å²) in [6.07, 6.45) is 3.17. The third-order valence-electron chi connectivity index (χ3n) is 3.02. The molecule has 0 aliphatic carbocycles. The quantitative estimate of drug-likeness (QED) is 0.923. The molecule has 1 aliphatic rings. The third kappa shape index (κ3) is 2.94. The van der Waals surface area contributed by atoms with Gasteiger partial charge in [-0.25, -0.2) is 4.39 Å². The van der Waals surface area contributed by atoms with E-state index in [1.807, 2.05) is 0 Å². The fourth-order valence-corrected chi connectivity index (χ4v) is 2.00. The lowest BCUT2D eigenvalue weighted by molar-refractivity contribution is 0.102. The number of hydrogen-bond donors (Lipinski definition) is 1. The van der Waals surface area contributed by atoms with Gasteiger partial charge in [-0.1, -0.05) is 0 Å². The number of benzene rings is 1. The number of rotatable bonds is 2. The highest BCUT2D eigenvalue weighted by Crippen LogP contribution is 2.32. The Bertz CT molecular complexity index is 676. The van der Waals surface area contributed by atoms with E-state index in [0.29, 0.717) is 30.4 Å². The zero-order chi connectivity index (χ0) is 14.7. The molecule has 5 nitrogen and oxygen atoms in total. The molecule has 0 atom stereocenters. The number of fused-ring (bicyclic) bond motifs is 1. The average molecular weight is 288 g/mol. The van der Waals surface area contributed by atoms with Crippen molar-refractivity contribution in [3.05, 3.63) is 48.0 Å². The van der Waals surface area contributed by atoms with Crippen molar-refractivity contribution < 1.29 is 18.7 Å². The van der Waals surface area contributed by atoms with Gasteiger partial charge in [0.15, 0.2) is 17.3 Å². The van der Waals surface area contributed by atoms with E-state index in [4.69, 9.17) is 9.47 Å². The van der Waals surface area contributed by atoms with Gasteiger partial charge in [-0.3, -0.25) is 9.78 Å². The molecular weight excluding hydrogens is 275 g/mol. The van der Waals surface area contributed by atoms with E-state index in [2.05, 4.69) is 10.3 Å². The molecule has 0 saturated carbocycles. The Hall–Kier alpha value is -2.63. The number of ether oxygens (including phenoxy) is 2. The summed E-state index contributed by atoms with van der Waals surface area (Å²) in [6, 6.07) is 6.40. The number of pyridine rings is 1. The molecule has 0 radical (unpaired) electrons. The predicted molar refractivity (Wildman–Crippen MR) is 74.2 cm³/mol. The Morgan fingerprint density at radius 2 is 2.00 bits per heavy atom. The molecule has 1 aliphatic heterocycles. The highest BCUT2D eigenvalue weighted by Gasteiger charge is 2.14. The van der Waals surface area contributed by atoms with Crippen LogP contribution in [0.1, 0.15) is 16.8 Å². The second kappa shape index (κ2) is 5.78. The fourth-order valence-electron chi connectivity index (χ4n) is 2.00. The Labute approximate surface area is 120 Å². The molecule has 0 unspecified atom stereocenters. The third-order valence-corrected chi connectivity index (χ3v) is 3.02. The van der Waals surface area contributed by atoms with Crippen molar-refractivity contribution in [3.8, 4) is 11.5 Å². The van der Waals surface area contributed by atoms with Gasteiger partial charge in [0.2, 0.25) is 0 Å². The van der Waals surface area contributed by atoms with Crippen LogP contribution in [0.15, 0.2) is 36.7 Å². The molecule has 3 rings (SSSR count). The zero-order valence-corrected chi connectivity index (χ0v) is 11.1. The molecule has 1 N–H and O–H groups in total. The van der Waals surface area contributed by atoms with Gasteiger partial charge in [0.05, 0.1) is 25.0 Å². The summed E-state index contributed by atoms with van der Waals surface area (Å²) >= 11 is 0. The second-order valence-electron chi connectivity index (χ2n) is 4.52. The summed E-state index contributed by atoms with van der Waals surface area (Å²) in [4.78, 5) is 15.6. The number of anilines is 1. The van der Waals surface area contributed by atoms with Gasteiger partial charge in [0, 0.05) is 24.4 Å². The number of halogens is 1. The van der Waals surface area contributed by atoms with E-state index in [1.165, 1.54) is 12.3 Å². The maximum absolute atomic E-state index is 13.5. The van der Waals surface area contributed by atoms with Crippen molar-refractivity contribution in [2.75, 3.05) is 18.5 Å². The molecule has 1 amide bonds. The van der Waals surface area contributed by atoms with Crippen molar-refractivity contribution in [3.63, 3.8) is 0 Å². The first kappa shape index (κ1) is 13.4. The highest BCUT2D eigenvalue weighted by molar-refractivity contribution is 6.04. The van der Waals surface area contributed by atoms with Gasteiger partial charge in [-0.05, 0) is 18.2 Å². The Morgan fingerprint density at radius 3 is 2.81 bits per heavy atom. The molecule has 0 saturated heterocycles. The molecule has 2 aromatic rings. The number of nitrogens with one attached hydrogen (secondary N) is 1. The molecule has 0 bridgehead atoms. The van der Waals surface area contributed by atoms with Crippen LogP contribution in [0.4, 0.5) is 10.1 Å². The lowest BCUT2D eigenvalue weighted by atomic mass is 10.2. The number of amides is 1. The lowest BCUT2D eigenvalue weighted by Gasteiger charge is -2.10. The van der Waals surface area contributed by atoms with Crippen molar-refractivity contribution in [2.45, 2.75) is 6.42 Å². The Morgan fingerprint density at radius 1 is 1.19 bits per heavy atom. The Balaban J connectivity index is 1.81. The molecule has 0 fully saturated rings. The van der Waals surface area contributed by atoms with Crippen LogP contribution in [0.3, 0.4) is 0 Å². The van der Waals surface area contributed by atoms with Gasteiger partial charge in [-0.2, -0.15) is 0 Å². The van der Waals surface area contributed by atoms with Crippen LogP contribution in [0.2, 0.25) is 0 Å². The lowest BCUT2D eigenvalue weighted by Crippen LogP contribution is -2.14. The molecule has 1 aromatic heterocycles. The summed E-state index contributed by atoms with van der Waals surface area (Å²) < 4.78 is 24.5. The standard InChI is InChI=1S/C15H13FN2O3/c16-12-9-17-5-4-11(12)15(19)18-10-2-3-13-14(8-10)21-7-1-6-20-13/h2-5,8-9H,1,6-7H2,(H,18,19). The first-order valence-corrected chi connectivity index (χ1v) is 6.54. The first-order chi connectivity index (χ1) is 10.2. The van der Waals surface area contributed by atoms with Crippen LogP contribution in [-0.2, 0) is 0 Å². The normalized spacial score (nSPS) is 13.4. The van der Waals surface area contributed by atoms with E-state index in [-0.39, 0.29) is 5.56 Å². The number of aromatic nitrogens is 1.